The van der Waals surface area contributed by atoms with E-state index >= 15 is 0 Å². The molecule has 0 saturated carbocycles. The zero-order valence-electron chi connectivity index (χ0n) is 11.0. The van der Waals surface area contributed by atoms with Crippen LogP contribution in [0.4, 0.5) is 0 Å². The number of halogens is 3. The Morgan fingerprint density at radius 2 is 1.86 bits per heavy atom. The number of fused-ring (bicyclic) bond motifs is 1. The molecule has 0 saturated heterocycles. The Kier molecular flexibility index (Phi) is 4.25. The number of nitrogens with one attached hydrogen (secondary N) is 1. The monoisotopic (exact) mass is 383 g/mol. The van der Waals surface area contributed by atoms with Crippen LogP contribution in [0.25, 0.3) is 0 Å². The van der Waals surface area contributed by atoms with Crippen LogP contribution in [-0.4, -0.2) is 12.5 Å². The highest BCUT2D eigenvalue weighted by atomic mass is 79.9. The molecule has 1 aliphatic heterocycles. The summed E-state index contributed by atoms with van der Waals surface area (Å²) in [6.07, 6.45) is 0.862. The zero-order valence-corrected chi connectivity index (χ0v) is 14.1. The van der Waals surface area contributed by atoms with Gasteiger partial charge < -0.3 is 5.32 Å². The van der Waals surface area contributed by atoms with E-state index in [1.807, 2.05) is 36.4 Å². The van der Waals surface area contributed by atoms with Gasteiger partial charge in [-0.1, -0.05) is 29.8 Å². The molecule has 0 fully saturated rings. The molecule has 21 heavy (non-hydrogen) atoms. The molecule has 0 radical (unpaired) electrons. The molecule has 1 atom stereocenters. The highest BCUT2D eigenvalue weighted by molar-refractivity contribution is 9.10. The molecule has 1 N–H and O–H groups in total. The molecule has 1 aliphatic rings. The Hall–Kier alpha value is -1.03. The topological polar surface area (TPSA) is 29.1 Å². The summed E-state index contributed by atoms with van der Waals surface area (Å²) in [4.78, 5) is 11.9. The lowest BCUT2D eigenvalue weighted by atomic mass is 9.95. The summed E-state index contributed by atoms with van der Waals surface area (Å²) < 4.78 is 0.808. The fraction of sp³-hybridized carbons (Fsp3) is 0.188. The molecular weight excluding hydrogens is 373 g/mol. The van der Waals surface area contributed by atoms with Gasteiger partial charge in [0.15, 0.2) is 0 Å². The molecule has 2 aromatic rings. The van der Waals surface area contributed by atoms with Crippen LogP contribution in [0.5, 0.6) is 0 Å². The summed E-state index contributed by atoms with van der Waals surface area (Å²) in [5.41, 5.74) is 3.63. The van der Waals surface area contributed by atoms with Gasteiger partial charge in [-0.3, -0.25) is 4.79 Å². The normalized spacial score (nSPS) is 15.3. The smallest absolute Gasteiger partial charge is 0.251 e. The second kappa shape index (κ2) is 5.99. The first kappa shape index (κ1) is 14.9. The molecule has 3 rings (SSSR count). The van der Waals surface area contributed by atoms with Crippen LogP contribution < -0.4 is 5.32 Å². The van der Waals surface area contributed by atoms with Gasteiger partial charge in [0.2, 0.25) is 0 Å². The summed E-state index contributed by atoms with van der Waals surface area (Å²) in [7, 11) is 0. The van der Waals surface area contributed by atoms with Gasteiger partial charge in [0.1, 0.15) is 0 Å². The minimum absolute atomic E-state index is 0.0285. The van der Waals surface area contributed by atoms with E-state index in [1.54, 1.807) is 0 Å². The predicted octanol–water partition coefficient (Wildman–Crippen LogP) is 4.72. The minimum atomic E-state index is -0.321. The standard InChI is InChI=1S/C16H12BrCl2NO/c17-13-8-11(3-4-14(13)18)15(19)10-2-1-9-5-6-20-16(21)12(9)7-10/h1-4,7-8,15H,5-6H2,(H,20,21). The third-order valence-electron chi connectivity index (χ3n) is 3.59. The minimum Gasteiger partial charge on any atom is -0.352 e. The maximum Gasteiger partial charge on any atom is 0.251 e. The molecule has 2 aromatic carbocycles. The Morgan fingerprint density at radius 1 is 1.14 bits per heavy atom. The van der Waals surface area contributed by atoms with Crippen molar-refractivity contribution in [3.63, 3.8) is 0 Å². The summed E-state index contributed by atoms with van der Waals surface area (Å²) in [5.74, 6) is -0.0285. The molecule has 5 heteroatoms. The molecule has 1 amide bonds. The van der Waals surface area contributed by atoms with Crippen molar-refractivity contribution in [3.05, 3.63) is 68.1 Å². The van der Waals surface area contributed by atoms with Crippen LogP contribution in [0.15, 0.2) is 40.9 Å². The van der Waals surface area contributed by atoms with E-state index < -0.39 is 0 Å². The van der Waals surface area contributed by atoms with Crippen LogP contribution in [0.1, 0.15) is 32.4 Å². The highest BCUT2D eigenvalue weighted by Crippen LogP contribution is 2.34. The van der Waals surface area contributed by atoms with Crippen LogP contribution in [-0.2, 0) is 6.42 Å². The summed E-state index contributed by atoms with van der Waals surface area (Å²) in [6, 6.07) is 11.5. The van der Waals surface area contributed by atoms with Gasteiger partial charge in [-0.25, -0.2) is 0 Å². The quantitative estimate of drug-likeness (QED) is 0.746. The number of amides is 1. The van der Waals surface area contributed by atoms with Crippen LogP contribution in [0.2, 0.25) is 5.02 Å². The summed E-state index contributed by atoms with van der Waals surface area (Å²) in [5, 5.41) is 3.18. The number of carbonyl (C=O) groups excluding carboxylic acids is 1. The Morgan fingerprint density at radius 3 is 2.62 bits per heavy atom. The van der Waals surface area contributed by atoms with Crippen molar-refractivity contribution in [1.29, 1.82) is 0 Å². The van der Waals surface area contributed by atoms with Crippen molar-refractivity contribution in [1.82, 2.24) is 5.32 Å². The SMILES string of the molecule is O=C1NCCc2ccc(C(Cl)c3ccc(Cl)c(Br)c3)cc21. The van der Waals surface area contributed by atoms with Gasteiger partial charge in [-0.05, 0) is 57.2 Å². The third kappa shape index (κ3) is 2.96. The lowest BCUT2D eigenvalue weighted by Crippen LogP contribution is -2.31. The maximum atomic E-state index is 11.9. The first-order valence-corrected chi connectivity index (χ1v) is 8.17. The summed E-state index contributed by atoms with van der Waals surface area (Å²) in [6.45, 7) is 0.694. The van der Waals surface area contributed by atoms with E-state index in [9.17, 15) is 4.79 Å². The Balaban J connectivity index is 1.98. The van der Waals surface area contributed by atoms with Gasteiger partial charge in [-0.15, -0.1) is 11.6 Å². The molecule has 0 bridgehead atoms. The fourth-order valence-corrected chi connectivity index (χ4v) is 3.24. The number of hydrogen-bond donors (Lipinski definition) is 1. The fourth-order valence-electron chi connectivity index (χ4n) is 2.45. The first-order valence-electron chi connectivity index (χ1n) is 6.56. The second-order valence-electron chi connectivity index (χ2n) is 4.96. The predicted molar refractivity (Wildman–Crippen MR) is 89.3 cm³/mol. The van der Waals surface area contributed by atoms with Crippen molar-refractivity contribution in [2.24, 2.45) is 0 Å². The number of benzene rings is 2. The van der Waals surface area contributed by atoms with Crippen molar-refractivity contribution in [2.75, 3.05) is 6.54 Å². The van der Waals surface area contributed by atoms with Crippen molar-refractivity contribution in [2.45, 2.75) is 11.8 Å². The third-order valence-corrected chi connectivity index (χ3v) is 5.31. The molecule has 0 aromatic heterocycles. The lowest BCUT2D eigenvalue weighted by Gasteiger charge is -2.19. The second-order valence-corrected chi connectivity index (χ2v) is 6.66. The van der Waals surface area contributed by atoms with E-state index in [4.69, 9.17) is 23.2 Å². The molecular formula is C16H12BrCl2NO. The zero-order chi connectivity index (χ0) is 15.0. The summed E-state index contributed by atoms with van der Waals surface area (Å²) >= 11 is 16.0. The van der Waals surface area contributed by atoms with Gasteiger partial charge in [0.25, 0.3) is 5.91 Å². The van der Waals surface area contributed by atoms with Gasteiger partial charge >= 0.3 is 0 Å². The lowest BCUT2D eigenvalue weighted by molar-refractivity contribution is 0.0946. The van der Waals surface area contributed by atoms with Gasteiger partial charge in [0, 0.05) is 16.6 Å². The van der Waals surface area contributed by atoms with Crippen LogP contribution in [0, 0.1) is 0 Å². The van der Waals surface area contributed by atoms with E-state index in [1.165, 1.54) is 0 Å². The van der Waals surface area contributed by atoms with E-state index in [-0.39, 0.29) is 11.3 Å². The largest absolute Gasteiger partial charge is 0.352 e. The van der Waals surface area contributed by atoms with Gasteiger partial charge in [-0.2, -0.15) is 0 Å². The van der Waals surface area contributed by atoms with Crippen molar-refractivity contribution < 1.29 is 4.79 Å². The average molecular weight is 385 g/mol. The Bertz CT molecular complexity index is 717. The molecule has 0 spiro atoms. The van der Waals surface area contributed by atoms with E-state index in [2.05, 4.69) is 21.2 Å². The molecule has 2 nitrogen and oxygen atoms in total. The molecule has 1 heterocycles. The average Bonchev–Trinajstić information content (AvgIpc) is 2.49. The molecule has 1 unspecified atom stereocenters. The van der Waals surface area contributed by atoms with Crippen LogP contribution in [0.3, 0.4) is 0 Å². The maximum absolute atomic E-state index is 11.9. The molecule has 108 valence electrons. The van der Waals surface area contributed by atoms with Crippen LogP contribution >= 0.6 is 39.1 Å². The van der Waals surface area contributed by atoms with E-state index in [0.29, 0.717) is 11.6 Å². The first-order chi connectivity index (χ1) is 10.1. The number of alkyl halides is 1. The number of rotatable bonds is 2. The number of hydrogen-bond acceptors (Lipinski definition) is 1. The van der Waals surface area contributed by atoms with Gasteiger partial charge in [0.05, 0.1) is 10.4 Å². The Labute approximate surface area is 141 Å². The van der Waals surface area contributed by atoms with E-state index in [0.717, 1.165) is 33.1 Å². The highest BCUT2D eigenvalue weighted by Gasteiger charge is 2.19. The van der Waals surface area contributed by atoms with Crippen molar-refractivity contribution >= 4 is 45.0 Å². The molecule has 0 aliphatic carbocycles. The van der Waals surface area contributed by atoms with Crippen molar-refractivity contribution in [3.8, 4) is 0 Å². The number of carbonyl (C=O) groups is 1.